The van der Waals surface area contributed by atoms with Gasteiger partial charge in [-0.15, -0.1) is 0 Å². The van der Waals surface area contributed by atoms with E-state index in [1.54, 1.807) is 7.11 Å². The first-order chi connectivity index (χ1) is 9.86. The highest BCUT2D eigenvalue weighted by Gasteiger charge is 2.18. The van der Waals surface area contributed by atoms with Crippen molar-refractivity contribution in [1.29, 1.82) is 0 Å². The third kappa shape index (κ3) is 3.09. The van der Waals surface area contributed by atoms with Gasteiger partial charge in [-0.2, -0.15) is 0 Å². The number of piperidine rings is 1. The Hall–Kier alpha value is -1.22. The van der Waals surface area contributed by atoms with Crippen molar-refractivity contribution >= 4 is 5.69 Å². The van der Waals surface area contributed by atoms with Crippen molar-refractivity contribution in [3.05, 3.63) is 23.8 Å². The summed E-state index contributed by atoms with van der Waals surface area (Å²) in [7, 11) is 1.79. The third-order valence-electron chi connectivity index (χ3n) is 4.64. The molecule has 0 radical (unpaired) electrons. The minimum absolute atomic E-state index is 0.756. The number of hydrogen-bond donors (Lipinski definition) is 1. The van der Waals surface area contributed by atoms with Crippen LogP contribution in [0.25, 0.3) is 0 Å². The van der Waals surface area contributed by atoms with Crippen LogP contribution in [-0.4, -0.2) is 33.3 Å². The topological polar surface area (TPSA) is 24.5 Å². The molecule has 0 spiro atoms. The largest absolute Gasteiger partial charge is 0.496 e. The van der Waals surface area contributed by atoms with E-state index >= 15 is 0 Å². The number of ether oxygens (including phenoxy) is 1. The first-order valence-corrected chi connectivity index (χ1v) is 7.99. The van der Waals surface area contributed by atoms with Crippen LogP contribution in [0.4, 0.5) is 5.69 Å². The molecule has 3 heteroatoms. The molecule has 20 heavy (non-hydrogen) atoms. The van der Waals surface area contributed by atoms with Crippen LogP contribution in [0.5, 0.6) is 5.75 Å². The molecule has 110 valence electrons. The highest BCUT2D eigenvalue weighted by Crippen LogP contribution is 2.30. The Labute approximate surface area is 122 Å². The monoisotopic (exact) mass is 274 g/mol. The first kappa shape index (κ1) is 13.7. The Bertz CT molecular complexity index is 435. The summed E-state index contributed by atoms with van der Waals surface area (Å²) in [4.78, 5) is 2.50. The molecule has 2 heterocycles. The minimum Gasteiger partial charge on any atom is -0.496 e. The Morgan fingerprint density at radius 3 is 2.80 bits per heavy atom. The van der Waals surface area contributed by atoms with E-state index in [9.17, 15) is 0 Å². The number of benzene rings is 1. The molecule has 1 N–H and O–H groups in total. The molecule has 2 saturated heterocycles. The van der Waals surface area contributed by atoms with Crippen LogP contribution in [0.15, 0.2) is 18.2 Å². The summed E-state index contributed by atoms with van der Waals surface area (Å²) in [5.74, 6) is 1.81. The Balaban J connectivity index is 1.76. The van der Waals surface area contributed by atoms with E-state index in [2.05, 4.69) is 28.4 Å². The zero-order valence-corrected chi connectivity index (χ0v) is 12.5. The van der Waals surface area contributed by atoms with Gasteiger partial charge in [-0.25, -0.2) is 0 Å². The van der Waals surface area contributed by atoms with Crippen LogP contribution in [0.1, 0.15) is 31.2 Å². The van der Waals surface area contributed by atoms with Crippen LogP contribution in [-0.2, 0) is 6.42 Å². The van der Waals surface area contributed by atoms with Crippen molar-refractivity contribution in [2.75, 3.05) is 38.2 Å². The van der Waals surface area contributed by atoms with Gasteiger partial charge in [0, 0.05) is 18.8 Å². The second kappa shape index (κ2) is 6.49. The van der Waals surface area contributed by atoms with E-state index in [1.165, 1.54) is 56.6 Å². The number of nitrogens with one attached hydrogen (secondary N) is 1. The van der Waals surface area contributed by atoms with Crippen LogP contribution < -0.4 is 15.0 Å². The zero-order chi connectivity index (χ0) is 13.8. The molecule has 3 rings (SSSR count). The molecule has 2 fully saturated rings. The highest BCUT2D eigenvalue weighted by molar-refractivity contribution is 5.54. The Morgan fingerprint density at radius 1 is 1.25 bits per heavy atom. The predicted molar refractivity (Wildman–Crippen MR) is 83.7 cm³/mol. The van der Waals surface area contributed by atoms with Crippen molar-refractivity contribution < 1.29 is 4.74 Å². The maximum Gasteiger partial charge on any atom is 0.122 e. The highest BCUT2D eigenvalue weighted by atomic mass is 16.5. The number of methoxy groups -OCH3 is 1. The smallest absolute Gasteiger partial charge is 0.122 e. The molecular formula is C17H26N2O. The van der Waals surface area contributed by atoms with E-state index in [0.717, 1.165) is 24.6 Å². The molecular weight excluding hydrogens is 248 g/mol. The lowest BCUT2D eigenvalue weighted by Crippen LogP contribution is -2.31. The van der Waals surface area contributed by atoms with Crippen molar-refractivity contribution in [1.82, 2.24) is 5.32 Å². The van der Waals surface area contributed by atoms with E-state index in [-0.39, 0.29) is 0 Å². The average Bonchev–Trinajstić information content (AvgIpc) is 3.02. The first-order valence-electron chi connectivity index (χ1n) is 7.99. The maximum absolute atomic E-state index is 5.57. The fraction of sp³-hybridized carbons (Fsp3) is 0.647. The number of nitrogens with zero attached hydrogens (tertiary/aromatic N) is 1. The fourth-order valence-corrected chi connectivity index (χ4v) is 3.51. The molecule has 2 aliphatic rings. The second-order valence-corrected chi connectivity index (χ2v) is 6.11. The molecule has 0 aromatic heterocycles. The van der Waals surface area contributed by atoms with Crippen molar-refractivity contribution in [3.8, 4) is 5.75 Å². The molecule has 0 aliphatic carbocycles. The summed E-state index contributed by atoms with van der Waals surface area (Å²) in [6, 6.07) is 6.73. The van der Waals surface area contributed by atoms with E-state index < -0.39 is 0 Å². The molecule has 1 unspecified atom stereocenters. The predicted octanol–water partition coefficient (Wildman–Crippen LogP) is 2.84. The number of rotatable bonds is 4. The molecule has 2 aliphatic heterocycles. The van der Waals surface area contributed by atoms with Gasteiger partial charge in [-0.1, -0.05) is 0 Å². The lowest BCUT2D eigenvalue weighted by atomic mass is 9.91. The zero-order valence-electron chi connectivity index (χ0n) is 12.5. The number of anilines is 1. The standard InChI is InChI=1S/C17H26N2O/c1-20-17-7-6-16(19-9-2-3-10-19)12-15(17)11-14-5-4-8-18-13-14/h6-7,12,14,18H,2-5,8-11,13H2,1H3. The van der Waals surface area contributed by atoms with Crippen molar-refractivity contribution in [2.24, 2.45) is 5.92 Å². The fourth-order valence-electron chi connectivity index (χ4n) is 3.51. The van der Waals surface area contributed by atoms with Gasteiger partial charge in [0.1, 0.15) is 5.75 Å². The average molecular weight is 274 g/mol. The summed E-state index contributed by atoms with van der Waals surface area (Å²) in [6.07, 6.45) is 6.43. The van der Waals surface area contributed by atoms with Crippen LogP contribution in [0.3, 0.4) is 0 Å². The number of hydrogen-bond acceptors (Lipinski definition) is 3. The van der Waals surface area contributed by atoms with Gasteiger partial charge in [0.15, 0.2) is 0 Å². The Morgan fingerprint density at radius 2 is 2.10 bits per heavy atom. The third-order valence-corrected chi connectivity index (χ3v) is 4.64. The summed E-state index contributed by atoms with van der Waals surface area (Å²) in [6.45, 7) is 4.74. The minimum atomic E-state index is 0.756. The second-order valence-electron chi connectivity index (χ2n) is 6.11. The molecule has 3 nitrogen and oxygen atoms in total. The van der Waals surface area contributed by atoms with Crippen LogP contribution in [0, 0.1) is 5.92 Å². The quantitative estimate of drug-likeness (QED) is 0.913. The van der Waals surface area contributed by atoms with E-state index in [1.807, 2.05) is 0 Å². The normalized spacial score (nSPS) is 23.1. The SMILES string of the molecule is COc1ccc(N2CCCC2)cc1CC1CCCNC1. The Kier molecular flexibility index (Phi) is 4.46. The van der Waals surface area contributed by atoms with Gasteiger partial charge >= 0.3 is 0 Å². The van der Waals surface area contributed by atoms with E-state index in [4.69, 9.17) is 4.74 Å². The maximum atomic E-state index is 5.57. The van der Waals surface area contributed by atoms with Crippen LogP contribution >= 0.6 is 0 Å². The summed E-state index contributed by atoms with van der Waals surface area (Å²) < 4.78 is 5.57. The van der Waals surface area contributed by atoms with Crippen molar-refractivity contribution in [3.63, 3.8) is 0 Å². The summed E-state index contributed by atoms with van der Waals surface area (Å²) >= 11 is 0. The van der Waals surface area contributed by atoms with Gasteiger partial charge in [-0.05, 0) is 74.9 Å². The van der Waals surface area contributed by atoms with Gasteiger partial charge in [0.2, 0.25) is 0 Å². The molecule has 0 amide bonds. The van der Waals surface area contributed by atoms with Gasteiger partial charge in [0.25, 0.3) is 0 Å². The van der Waals surface area contributed by atoms with Crippen LogP contribution in [0.2, 0.25) is 0 Å². The molecule has 1 aromatic carbocycles. The lowest BCUT2D eigenvalue weighted by Gasteiger charge is -2.25. The van der Waals surface area contributed by atoms with Gasteiger partial charge in [-0.3, -0.25) is 0 Å². The summed E-state index contributed by atoms with van der Waals surface area (Å²) in [5.41, 5.74) is 2.76. The molecule has 0 saturated carbocycles. The van der Waals surface area contributed by atoms with Crippen molar-refractivity contribution in [2.45, 2.75) is 32.1 Å². The molecule has 0 bridgehead atoms. The lowest BCUT2D eigenvalue weighted by molar-refractivity contribution is 0.364. The molecule has 1 atom stereocenters. The van der Waals surface area contributed by atoms with E-state index in [0.29, 0.717) is 0 Å². The molecule has 1 aromatic rings. The summed E-state index contributed by atoms with van der Waals surface area (Å²) in [5, 5.41) is 3.51. The van der Waals surface area contributed by atoms with Gasteiger partial charge < -0.3 is 15.0 Å². The van der Waals surface area contributed by atoms with Gasteiger partial charge in [0.05, 0.1) is 7.11 Å².